The minimum absolute atomic E-state index is 0.0337. The van der Waals surface area contributed by atoms with E-state index in [4.69, 9.17) is 14.7 Å². The van der Waals surface area contributed by atoms with Gasteiger partial charge in [-0.25, -0.2) is 0 Å². The topological polar surface area (TPSA) is 62.6 Å². The zero-order valence-electron chi connectivity index (χ0n) is 14.7. The summed E-state index contributed by atoms with van der Waals surface area (Å²) in [5.41, 5.74) is 0.565. The number of hydrogen-bond donors (Lipinski definition) is 0. The highest BCUT2D eigenvalue weighted by atomic mass is 16.5. The van der Waals surface area contributed by atoms with Crippen LogP contribution in [0.4, 0.5) is 0 Å². The Morgan fingerprint density at radius 3 is 2.67 bits per heavy atom. The molecule has 0 aromatic heterocycles. The highest BCUT2D eigenvalue weighted by Gasteiger charge is 2.25. The van der Waals surface area contributed by atoms with Gasteiger partial charge in [-0.15, -0.1) is 0 Å². The molecule has 1 saturated heterocycles. The molecule has 5 heteroatoms. The van der Waals surface area contributed by atoms with Crippen molar-refractivity contribution >= 4 is 5.91 Å². The Balaban J connectivity index is 2.12. The third-order valence-electron chi connectivity index (χ3n) is 4.34. The molecule has 1 amide bonds. The van der Waals surface area contributed by atoms with Crippen LogP contribution in [0.3, 0.4) is 0 Å². The summed E-state index contributed by atoms with van der Waals surface area (Å²) < 4.78 is 11.1. The van der Waals surface area contributed by atoms with Gasteiger partial charge in [-0.2, -0.15) is 5.26 Å². The Hall–Kier alpha value is -2.22. The van der Waals surface area contributed by atoms with Crippen LogP contribution in [-0.2, 0) is 0 Å². The monoisotopic (exact) mass is 330 g/mol. The van der Waals surface area contributed by atoms with Gasteiger partial charge in [0, 0.05) is 25.1 Å². The molecule has 1 heterocycles. The predicted octanol–water partition coefficient (Wildman–Crippen LogP) is 3.50. The molecule has 0 aliphatic carbocycles. The van der Waals surface area contributed by atoms with E-state index in [0.717, 1.165) is 19.3 Å². The Labute approximate surface area is 144 Å². The number of hydrogen-bond acceptors (Lipinski definition) is 4. The summed E-state index contributed by atoms with van der Waals surface area (Å²) >= 11 is 0. The second-order valence-electron chi connectivity index (χ2n) is 6.59. The van der Waals surface area contributed by atoms with Crippen molar-refractivity contribution in [3.8, 4) is 17.6 Å². The molecule has 0 saturated carbocycles. The van der Waals surface area contributed by atoms with E-state index in [1.165, 1.54) is 0 Å². The number of nitrogens with zero attached hydrogens (tertiary/aromatic N) is 2. The van der Waals surface area contributed by atoms with Crippen molar-refractivity contribution in [1.29, 1.82) is 5.26 Å². The van der Waals surface area contributed by atoms with Crippen molar-refractivity contribution in [3.05, 3.63) is 23.8 Å². The number of methoxy groups -OCH3 is 1. The smallest absolute Gasteiger partial charge is 0.257 e. The lowest BCUT2D eigenvalue weighted by Gasteiger charge is -2.29. The fourth-order valence-corrected chi connectivity index (χ4v) is 2.71. The van der Waals surface area contributed by atoms with E-state index in [0.29, 0.717) is 42.7 Å². The molecule has 130 valence electrons. The van der Waals surface area contributed by atoms with Gasteiger partial charge in [0.25, 0.3) is 5.91 Å². The van der Waals surface area contributed by atoms with Gasteiger partial charge in [-0.1, -0.05) is 13.8 Å². The number of ether oxygens (including phenoxy) is 2. The Morgan fingerprint density at radius 2 is 2.08 bits per heavy atom. The summed E-state index contributed by atoms with van der Waals surface area (Å²) in [5, 5.41) is 8.99. The van der Waals surface area contributed by atoms with Gasteiger partial charge < -0.3 is 14.4 Å². The fourth-order valence-electron chi connectivity index (χ4n) is 2.71. The van der Waals surface area contributed by atoms with Crippen molar-refractivity contribution in [1.82, 2.24) is 4.90 Å². The molecule has 0 unspecified atom stereocenters. The van der Waals surface area contributed by atoms with E-state index in [1.54, 1.807) is 25.3 Å². The van der Waals surface area contributed by atoms with Crippen molar-refractivity contribution in [2.45, 2.75) is 33.1 Å². The summed E-state index contributed by atoms with van der Waals surface area (Å²) in [5.74, 6) is 1.82. The SMILES string of the molecule is COc1ccc(C(=O)N2CCC(C#N)CC2)c(OCCC(C)C)c1. The average molecular weight is 330 g/mol. The van der Waals surface area contributed by atoms with Crippen molar-refractivity contribution in [2.24, 2.45) is 11.8 Å². The van der Waals surface area contributed by atoms with Crippen LogP contribution in [0.2, 0.25) is 0 Å². The first kappa shape index (κ1) is 18.1. The summed E-state index contributed by atoms with van der Waals surface area (Å²) in [7, 11) is 1.60. The molecular weight excluding hydrogens is 304 g/mol. The van der Waals surface area contributed by atoms with E-state index in [9.17, 15) is 4.79 Å². The van der Waals surface area contributed by atoms with Gasteiger partial charge in [0.15, 0.2) is 0 Å². The number of carbonyl (C=O) groups excluding carboxylic acids is 1. The predicted molar refractivity (Wildman–Crippen MR) is 92.2 cm³/mol. The number of nitriles is 1. The average Bonchev–Trinajstić information content (AvgIpc) is 2.60. The molecule has 0 bridgehead atoms. The van der Waals surface area contributed by atoms with E-state index in [-0.39, 0.29) is 11.8 Å². The third kappa shape index (κ3) is 4.64. The Morgan fingerprint density at radius 1 is 1.38 bits per heavy atom. The largest absolute Gasteiger partial charge is 0.497 e. The molecule has 1 fully saturated rings. The number of carbonyl (C=O) groups is 1. The van der Waals surface area contributed by atoms with Crippen LogP contribution >= 0.6 is 0 Å². The Bertz CT molecular complexity index is 599. The zero-order chi connectivity index (χ0) is 17.5. The lowest BCUT2D eigenvalue weighted by molar-refractivity contribution is 0.0702. The quantitative estimate of drug-likeness (QED) is 0.801. The van der Waals surface area contributed by atoms with Crippen LogP contribution in [0.15, 0.2) is 18.2 Å². The number of rotatable bonds is 6. The van der Waals surface area contributed by atoms with E-state index in [2.05, 4.69) is 19.9 Å². The molecule has 1 aliphatic heterocycles. The first-order valence-corrected chi connectivity index (χ1v) is 8.55. The molecule has 0 spiro atoms. The summed E-state index contributed by atoms with van der Waals surface area (Å²) in [6.07, 6.45) is 2.41. The minimum Gasteiger partial charge on any atom is -0.497 e. The maximum Gasteiger partial charge on any atom is 0.257 e. The molecule has 0 atom stereocenters. The maximum atomic E-state index is 12.8. The summed E-state index contributed by atoms with van der Waals surface area (Å²) in [6, 6.07) is 7.61. The molecular formula is C19H26N2O3. The molecule has 24 heavy (non-hydrogen) atoms. The zero-order valence-corrected chi connectivity index (χ0v) is 14.7. The second-order valence-corrected chi connectivity index (χ2v) is 6.59. The normalized spacial score (nSPS) is 15.2. The molecule has 0 radical (unpaired) electrons. The number of amides is 1. The number of likely N-dealkylation sites (tertiary alicyclic amines) is 1. The van der Waals surface area contributed by atoms with Crippen molar-refractivity contribution in [2.75, 3.05) is 26.8 Å². The first-order chi connectivity index (χ1) is 11.5. The van der Waals surface area contributed by atoms with Gasteiger partial charge >= 0.3 is 0 Å². The van der Waals surface area contributed by atoms with E-state index < -0.39 is 0 Å². The molecule has 1 aromatic carbocycles. The first-order valence-electron chi connectivity index (χ1n) is 8.55. The molecule has 1 aromatic rings. The number of benzene rings is 1. The van der Waals surface area contributed by atoms with Crippen LogP contribution < -0.4 is 9.47 Å². The van der Waals surface area contributed by atoms with Crippen molar-refractivity contribution in [3.63, 3.8) is 0 Å². The van der Waals surface area contributed by atoms with Crippen LogP contribution in [0.25, 0.3) is 0 Å². The standard InChI is InChI=1S/C19H26N2O3/c1-14(2)8-11-24-18-12-16(23-3)4-5-17(18)19(22)21-9-6-15(13-20)7-10-21/h4-5,12,14-15H,6-11H2,1-3H3. The van der Waals surface area contributed by atoms with Crippen LogP contribution in [-0.4, -0.2) is 37.6 Å². The second kappa shape index (κ2) is 8.58. The van der Waals surface area contributed by atoms with Gasteiger partial charge in [0.05, 0.1) is 25.3 Å². The van der Waals surface area contributed by atoms with Gasteiger partial charge in [-0.05, 0) is 37.3 Å². The highest BCUT2D eigenvalue weighted by molar-refractivity contribution is 5.97. The van der Waals surface area contributed by atoms with Crippen LogP contribution in [0, 0.1) is 23.2 Å². The number of piperidine rings is 1. The molecule has 0 N–H and O–H groups in total. The van der Waals surface area contributed by atoms with Crippen LogP contribution in [0.1, 0.15) is 43.5 Å². The van der Waals surface area contributed by atoms with Crippen molar-refractivity contribution < 1.29 is 14.3 Å². The van der Waals surface area contributed by atoms with Gasteiger partial charge in [-0.3, -0.25) is 4.79 Å². The van der Waals surface area contributed by atoms with Crippen LogP contribution in [0.5, 0.6) is 11.5 Å². The summed E-state index contributed by atoms with van der Waals surface area (Å²) in [4.78, 5) is 14.6. The molecule has 1 aliphatic rings. The third-order valence-corrected chi connectivity index (χ3v) is 4.34. The minimum atomic E-state index is -0.0337. The molecule has 5 nitrogen and oxygen atoms in total. The van der Waals surface area contributed by atoms with Gasteiger partial charge in [0.2, 0.25) is 0 Å². The summed E-state index contributed by atoms with van der Waals surface area (Å²) in [6.45, 7) is 6.09. The van der Waals surface area contributed by atoms with E-state index in [1.807, 2.05) is 4.90 Å². The lowest BCUT2D eigenvalue weighted by atomic mass is 9.98. The molecule has 2 rings (SSSR count). The maximum absolute atomic E-state index is 12.8. The van der Waals surface area contributed by atoms with Gasteiger partial charge in [0.1, 0.15) is 11.5 Å². The lowest BCUT2D eigenvalue weighted by Crippen LogP contribution is -2.38. The van der Waals surface area contributed by atoms with E-state index >= 15 is 0 Å². The fraction of sp³-hybridized carbons (Fsp3) is 0.579. The Kier molecular flexibility index (Phi) is 6.48. The highest BCUT2D eigenvalue weighted by Crippen LogP contribution is 2.28.